The van der Waals surface area contributed by atoms with E-state index in [1.807, 2.05) is 17.5 Å². The molecule has 1 aliphatic heterocycles. The van der Waals surface area contributed by atoms with Gasteiger partial charge in [-0.2, -0.15) is 5.06 Å². The van der Waals surface area contributed by atoms with Crippen LogP contribution in [0.5, 0.6) is 0 Å². The van der Waals surface area contributed by atoms with Gasteiger partial charge in [0, 0.05) is 4.88 Å². The summed E-state index contributed by atoms with van der Waals surface area (Å²) in [5, 5.41) is 3.63. The van der Waals surface area contributed by atoms with Crippen molar-refractivity contribution in [3.63, 3.8) is 0 Å². The van der Waals surface area contributed by atoms with Gasteiger partial charge in [0.15, 0.2) is 0 Å². The third kappa shape index (κ3) is 1.78. The largest absolute Gasteiger partial charge is 0.295 e. The number of hydrazine groups is 1. The molecule has 1 saturated heterocycles. The molecular weight excluding hydrogens is 202 g/mol. The van der Waals surface area contributed by atoms with Crippen molar-refractivity contribution in [1.29, 1.82) is 0 Å². The van der Waals surface area contributed by atoms with Crippen LogP contribution in [0.4, 0.5) is 0 Å². The monoisotopic (exact) mass is 213 g/mol. The highest BCUT2D eigenvalue weighted by atomic mass is 32.1. The number of carbonyl (C=O) groups is 1. The molecule has 0 radical (unpaired) electrons. The number of carbonyl (C=O) groups excluding carboxylic acids is 1. The van der Waals surface area contributed by atoms with E-state index >= 15 is 0 Å². The van der Waals surface area contributed by atoms with Gasteiger partial charge in [0.05, 0.1) is 13.2 Å². The van der Waals surface area contributed by atoms with Crippen LogP contribution in [0.2, 0.25) is 0 Å². The molecule has 0 saturated carbocycles. The molecule has 0 bridgehead atoms. The Morgan fingerprint density at radius 2 is 2.71 bits per heavy atom. The Morgan fingerprint density at radius 1 is 1.86 bits per heavy atom. The van der Waals surface area contributed by atoms with Crippen LogP contribution < -0.4 is 11.3 Å². The topological polar surface area (TPSA) is 67.6 Å². The lowest BCUT2D eigenvalue weighted by atomic mass is 10.2. The van der Waals surface area contributed by atoms with Crippen molar-refractivity contribution in [3.8, 4) is 0 Å². The van der Waals surface area contributed by atoms with Crippen LogP contribution in [0, 0.1) is 0 Å². The van der Waals surface area contributed by atoms with Gasteiger partial charge < -0.3 is 0 Å². The zero-order chi connectivity index (χ0) is 9.97. The summed E-state index contributed by atoms with van der Waals surface area (Å²) in [6, 6.07) is 3.73. The van der Waals surface area contributed by atoms with Crippen LogP contribution in [-0.2, 0) is 16.2 Å². The van der Waals surface area contributed by atoms with E-state index in [9.17, 15) is 4.79 Å². The van der Waals surface area contributed by atoms with Gasteiger partial charge in [0.1, 0.15) is 6.04 Å². The number of nitrogens with zero attached hydrogens (tertiary/aromatic N) is 1. The highest BCUT2D eigenvalue weighted by Crippen LogP contribution is 2.20. The lowest BCUT2D eigenvalue weighted by Gasteiger charge is -2.37. The molecule has 5 nitrogen and oxygen atoms in total. The standard InChI is InChI=1S/C8H11N3O2S/c9-10-8(12)7-5-13-11(7)4-6-2-1-3-14-6/h1-3,7H,4-5,9H2,(H,10,12). The molecule has 14 heavy (non-hydrogen) atoms. The summed E-state index contributed by atoms with van der Waals surface area (Å²) in [5.74, 6) is 4.84. The Bertz CT molecular complexity index is 314. The first-order valence-corrected chi connectivity index (χ1v) is 5.11. The van der Waals surface area contributed by atoms with E-state index in [0.717, 1.165) is 0 Å². The minimum absolute atomic E-state index is 0.201. The molecule has 1 unspecified atom stereocenters. The first kappa shape index (κ1) is 9.60. The fourth-order valence-corrected chi connectivity index (χ4v) is 1.96. The molecule has 1 atom stereocenters. The highest BCUT2D eigenvalue weighted by molar-refractivity contribution is 7.09. The van der Waals surface area contributed by atoms with E-state index in [1.165, 1.54) is 4.88 Å². The molecule has 1 amide bonds. The van der Waals surface area contributed by atoms with E-state index in [-0.39, 0.29) is 11.9 Å². The summed E-state index contributed by atoms with van der Waals surface area (Å²) in [4.78, 5) is 17.5. The number of hydrogen-bond acceptors (Lipinski definition) is 5. The van der Waals surface area contributed by atoms with Gasteiger partial charge in [0.2, 0.25) is 0 Å². The molecular formula is C8H11N3O2S. The van der Waals surface area contributed by atoms with Crippen LogP contribution >= 0.6 is 11.3 Å². The molecule has 1 aliphatic rings. The van der Waals surface area contributed by atoms with Gasteiger partial charge in [-0.3, -0.25) is 15.1 Å². The molecule has 76 valence electrons. The summed E-state index contributed by atoms with van der Waals surface area (Å²) < 4.78 is 0. The fourth-order valence-electron chi connectivity index (χ4n) is 1.27. The second-order valence-electron chi connectivity index (χ2n) is 2.97. The first-order valence-electron chi connectivity index (χ1n) is 4.23. The van der Waals surface area contributed by atoms with Crippen LogP contribution in [0.1, 0.15) is 4.88 Å². The molecule has 2 rings (SSSR count). The number of nitrogens with two attached hydrogens (primary N) is 1. The van der Waals surface area contributed by atoms with Crippen molar-refractivity contribution in [2.75, 3.05) is 6.61 Å². The number of thiophene rings is 1. The maximum absolute atomic E-state index is 11.2. The van der Waals surface area contributed by atoms with Crippen molar-refractivity contribution in [2.45, 2.75) is 12.6 Å². The normalized spacial score (nSPS) is 21.6. The Balaban J connectivity index is 1.91. The second-order valence-corrected chi connectivity index (χ2v) is 4.01. The molecule has 1 fully saturated rings. The van der Waals surface area contributed by atoms with Crippen molar-refractivity contribution in [2.24, 2.45) is 5.84 Å². The molecule has 0 aromatic carbocycles. The zero-order valence-corrected chi connectivity index (χ0v) is 8.29. The number of hydrogen-bond donors (Lipinski definition) is 2. The SMILES string of the molecule is NNC(=O)C1CON1Cc1cccs1. The number of rotatable bonds is 3. The number of hydroxylamine groups is 2. The number of amides is 1. The van der Waals surface area contributed by atoms with Crippen molar-refractivity contribution < 1.29 is 9.63 Å². The van der Waals surface area contributed by atoms with Gasteiger partial charge in [-0.25, -0.2) is 5.84 Å². The molecule has 1 aromatic heterocycles. The Kier molecular flexibility index (Phi) is 2.78. The van der Waals surface area contributed by atoms with E-state index < -0.39 is 0 Å². The lowest BCUT2D eigenvalue weighted by molar-refractivity contribution is -0.286. The van der Waals surface area contributed by atoms with Crippen molar-refractivity contribution in [1.82, 2.24) is 10.5 Å². The predicted molar refractivity (Wildman–Crippen MR) is 51.9 cm³/mol. The quantitative estimate of drug-likeness (QED) is 0.416. The average molecular weight is 213 g/mol. The third-order valence-corrected chi connectivity index (χ3v) is 2.94. The Morgan fingerprint density at radius 3 is 3.21 bits per heavy atom. The molecule has 0 aliphatic carbocycles. The molecule has 3 N–H and O–H groups in total. The van der Waals surface area contributed by atoms with E-state index in [4.69, 9.17) is 10.7 Å². The Labute approximate surface area is 85.4 Å². The van der Waals surface area contributed by atoms with Crippen molar-refractivity contribution >= 4 is 17.2 Å². The van der Waals surface area contributed by atoms with Gasteiger partial charge in [0.25, 0.3) is 5.91 Å². The highest BCUT2D eigenvalue weighted by Gasteiger charge is 2.35. The van der Waals surface area contributed by atoms with E-state index in [2.05, 4.69) is 5.43 Å². The summed E-state index contributed by atoms with van der Waals surface area (Å²) in [5.41, 5.74) is 2.12. The van der Waals surface area contributed by atoms with Gasteiger partial charge in [-0.05, 0) is 11.4 Å². The minimum Gasteiger partial charge on any atom is -0.295 e. The smallest absolute Gasteiger partial charge is 0.256 e. The minimum atomic E-state index is -0.248. The van der Waals surface area contributed by atoms with Gasteiger partial charge >= 0.3 is 0 Å². The lowest BCUT2D eigenvalue weighted by Crippen LogP contribution is -2.58. The fraction of sp³-hybridized carbons (Fsp3) is 0.375. The molecule has 6 heteroatoms. The summed E-state index contributed by atoms with van der Waals surface area (Å²) in [6.45, 7) is 1.05. The zero-order valence-electron chi connectivity index (χ0n) is 7.47. The maximum atomic E-state index is 11.2. The van der Waals surface area contributed by atoms with Crippen molar-refractivity contribution in [3.05, 3.63) is 22.4 Å². The van der Waals surface area contributed by atoms with Gasteiger partial charge in [-0.1, -0.05) is 6.07 Å². The second kappa shape index (κ2) is 4.05. The van der Waals surface area contributed by atoms with Crippen LogP contribution in [0.25, 0.3) is 0 Å². The average Bonchev–Trinajstić information content (AvgIpc) is 2.64. The summed E-state index contributed by atoms with van der Waals surface area (Å²) in [7, 11) is 0. The predicted octanol–water partition coefficient (Wildman–Crippen LogP) is -0.146. The van der Waals surface area contributed by atoms with Crippen LogP contribution in [0.15, 0.2) is 17.5 Å². The van der Waals surface area contributed by atoms with E-state index in [1.54, 1.807) is 16.4 Å². The third-order valence-electron chi connectivity index (χ3n) is 2.08. The Hall–Kier alpha value is -0.950. The van der Waals surface area contributed by atoms with Gasteiger partial charge in [-0.15, -0.1) is 11.3 Å². The molecule has 1 aromatic rings. The van der Waals surface area contributed by atoms with E-state index in [0.29, 0.717) is 13.2 Å². The molecule has 2 heterocycles. The summed E-state index contributed by atoms with van der Waals surface area (Å²) >= 11 is 1.64. The maximum Gasteiger partial charge on any atom is 0.256 e. The number of nitrogens with one attached hydrogen (secondary N) is 1. The first-order chi connectivity index (χ1) is 6.81. The van der Waals surface area contributed by atoms with Crippen LogP contribution in [-0.4, -0.2) is 23.6 Å². The molecule has 0 spiro atoms. The summed E-state index contributed by atoms with van der Waals surface area (Å²) in [6.07, 6.45) is 0. The van der Waals surface area contributed by atoms with Crippen LogP contribution in [0.3, 0.4) is 0 Å².